The fraction of sp³-hybridized carbons (Fsp3) is 0.583. The van der Waals surface area contributed by atoms with Crippen LogP contribution in [0.5, 0.6) is 0 Å². The highest BCUT2D eigenvalue weighted by molar-refractivity contribution is 5.09. The largest absolute Gasteiger partial charge is 0.411 e. The molecule has 18 heavy (non-hydrogen) atoms. The maximum Gasteiger partial charge on any atom is 0.411 e. The molecule has 6 heteroatoms. The molecule has 102 valence electrons. The third-order valence-corrected chi connectivity index (χ3v) is 2.25. The highest BCUT2D eigenvalue weighted by atomic mass is 19.4. The zero-order valence-electron chi connectivity index (χ0n) is 10.0. The molecule has 0 saturated heterocycles. The monoisotopic (exact) mass is 262 g/mol. The Kier molecular flexibility index (Phi) is 6.67. The lowest BCUT2D eigenvalue weighted by atomic mass is 10.2. The van der Waals surface area contributed by atoms with Crippen molar-refractivity contribution < 1.29 is 17.9 Å². The molecule has 0 atom stereocenters. The first-order valence-corrected chi connectivity index (χ1v) is 5.82. The van der Waals surface area contributed by atoms with Crippen LogP contribution in [0.15, 0.2) is 24.5 Å². The lowest BCUT2D eigenvalue weighted by Crippen LogP contribution is -2.22. The fourth-order valence-electron chi connectivity index (χ4n) is 1.39. The second-order valence-electron chi connectivity index (χ2n) is 3.88. The van der Waals surface area contributed by atoms with Crippen LogP contribution >= 0.6 is 0 Å². The van der Waals surface area contributed by atoms with Gasteiger partial charge in [-0.1, -0.05) is 0 Å². The number of halogens is 3. The Morgan fingerprint density at radius 1 is 1.17 bits per heavy atom. The second-order valence-corrected chi connectivity index (χ2v) is 3.88. The van der Waals surface area contributed by atoms with Crippen LogP contribution in [0.25, 0.3) is 0 Å². The SMILES string of the molecule is FC(F)(F)COCCCNCCc1ccncc1. The highest BCUT2D eigenvalue weighted by Crippen LogP contribution is 2.14. The Morgan fingerprint density at radius 3 is 2.56 bits per heavy atom. The van der Waals surface area contributed by atoms with E-state index in [0.717, 1.165) is 13.0 Å². The number of nitrogens with one attached hydrogen (secondary N) is 1. The molecule has 0 unspecified atom stereocenters. The average molecular weight is 262 g/mol. The van der Waals surface area contributed by atoms with E-state index in [1.165, 1.54) is 5.56 Å². The molecule has 0 aliphatic heterocycles. The lowest BCUT2D eigenvalue weighted by Gasteiger charge is -2.08. The van der Waals surface area contributed by atoms with Crippen molar-refractivity contribution in [1.29, 1.82) is 0 Å². The standard InChI is InChI=1S/C12H17F3N2O/c13-12(14,15)10-18-9-1-5-16-6-2-11-3-7-17-8-4-11/h3-4,7-8,16H,1-2,5-6,9-10H2. The minimum atomic E-state index is -4.23. The molecule has 0 bridgehead atoms. The Hall–Kier alpha value is -1.14. The molecular weight excluding hydrogens is 245 g/mol. The smallest absolute Gasteiger partial charge is 0.372 e. The predicted molar refractivity (Wildman–Crippen MR) is 62.3 cm³/mol. The van der Waals surface area contributed by atoms with Crippen LogP contribution in [0, 0.1) is 0 Å². The molecule has 1 aromatic rings. The fourth-order valence-corrected chi connectivity index (χ4v) is 1.39. The number of nitrogens with zero attached hydrogens (tertiary/aromatic N) is 1. The molecular formula is C12H17F3N2O. The van der Waals surface area contributed by atoms with Crippen LogP contribution in [0.1, 0.15) is 12.0 Å². The topological polar surface area (TPSA) is 34.1 Å². The predicted octanol–water partition coefficient (Wildman–Crippen LogP) is 2.18. The molecule has 1 heterocycles. The molecule has 0 radical (unpaired) electrons. The van der Waals surface area contributed by atoms with Crippen LogP contribution in [-0.2, 0) is 11.2 Å². The van der Waals surface area contributed by atoms with E-state index in [1.54, 1.807) is 12.4 Å². The zero-order chi connectivity index (χ0) is 13.3. The van der Waals surface area contributed by atoms with Crippen LogP contribution in [0.3, 0.4) is 0 Å². The molecule has 0 spiro atoms. The van der Waals surface area contributed by atoms with Crippen LogP contribution in [0.2, 0.25) is 0 Å². The molecule has 0 amide bonds. The summed E-state index contributed by atoms with van der Waals surface area (Å²) in [6.07, 6.45) is 0.702. The maximum absolute atomic E-state index is 11.7. The Balaban J connectivity index is 1.90. The van der Waals surface area contributed by atoms with Crippen LogP contribution in [-0.4, -0.2) is 37.5 Å². The van der Waals surface area contributed by atoms with E-state index in [9.17, 15) is 13.2 Å². The van der Waals surface area contributed by atoms with Crippen molar-refractivity contribution in [2.45, 2.75) is 19.0 Å². The van der Waals surface area contributed by atoms with E-state index in [0.29, 0.717) is 13.0 Å². The van der Waals surface area contributed by atoms with Crippen molar-refractivity contribution in [2.75, 3.05) is 26.3 Å². The van der Waals surface area contributed by atoms with Gasteiger partial charge in [-0.05, 0) is 43.6 Å². The summed E-state index contributed by atoms with van der Waals surface area (Å²) in [7, 11) is 0. The van der Waals surface area contributed by atoms with Gasteiger partial charge in [-0.3, -0.25) is 4.98 Å². The number of hydrogen-bond donors (Lipinski definition) is 1. The van der Waals surface area contributed by atoms with Gasteiger partial charge in [-0.2, -0.15) is 13.2 Å². The summed E-state index contributed by atoms with van der Waals surface area (Å²) in [5.74, 6) is 0. The number of alkyl halides is 3. The highest BCUT2D eigenvalue weighted by Gasteiger charge is 2.27. The van der Waals surface area contributed by atoms with Crippen molar-refractivity contribution in [3.05, 3.63) is 30.1 Å². The van der Waals surface area contributed by atoms with E-state index in [2.05, 4.69) is 15.0 Å². The summed E-state index contributed by atoms with van der Waals surface area (Å²) in [6.45, 7) is 0.415. The molecule has 3 nitrogen and oxygen atoms in total. The van der Waals surface area contributed by atoms with Crippen LogP contribution in [0.4, 0.5) is 13.2 Å². The number of rotatable bonds is 8. The Morgan fingerprint density at radius 2 is 1.89 bits per heavy atom. The number of ether oxygens (including phenoxy) is 1. The number of aromatic nitrogens is 1. The lowest BCUT2D eigenvalue weighted by molar-refractivity contribution is -0.173. The summed E-state index contributed by atoms with van der Waals surface area (Å²) in [5.41, 5.74) is 1.19. The van der Waals surface area contributed by atoms with Gasteiger partial charge in [0.2, 0.25) is 0 Å². The minimum absolute atomic E-state index is 0.127. The van der Waals surface area contributed by atoms with Crippen molar-refractivity contribution in [3.8, 4) is 0 Å². The van der Waals surface area contributed by atoms with Crippen molar-refractivity contribution >= 4 is 0 Å². The molecule has 1 N–H and O–H groups in total. The summed E-state index contributed by atoms with van der Waals surface area (Å²) in [4.78, 5) is 3.91. The summed E-state index contributed by atoms with van der Waals surface area (Å²) in [6, 6.07) is 3.88. The third-order valence-electron chi connectivity index (χ3n) is 2.25. The number of pyridine rings is 1. The first-order chi connectivity index (χ1) is 8.58. The molecule has 0 aliphatic rings. The van der Waals surface area contributed by atoms with Gasteiger partial charge in [0.25, 0.3) is 0 Å². The van der Waals surface area contributed by atoms with Crippen molar-refractivity contribution in [2.24, 2.45) is 0 Å². The van der Waals surface area contributed by atoms with Gasteiger partial charge in [0.15, 0.2) is 0 Å². The van der Waals surface area contributed by atoms with Gasteiger partial charge in [0.1, 0.15) is 6.61 Å². The second kappa shape index (κ2) is 8.05. The van der Waals surface area contributed by atoms with Gasteiger partial charge in [-0.25, -0.2) is 0 Å². The summed E-state index contributed by atoms with van der Waals surface area (Å²) >= 11 is 0. The third kappa shape index (κ3) is 8.03. The minimum Gasteiger partial charge on any atom is -0.372 e. The normalized spacial score (nSPS) is 11.7. The molecule has 0 saturated carbocycles. The zero-order valence-corrected chi connectivity index (χ0v) is 10.0. The van der Waals surface area contributed by atoms with Gasteiger partial charge in [-0.15, -0.1) is 0 Å². The van der Waals surface area contributed by atoms with Gasteiger partial charge < -0.3 is 10.1 Å². The maximum atomic E-state index is 11.7. The van der Waals surface area contributed by atoms with Gasteiger partial charge in [0, 0.05) is 19.0 Å². The first kappa shape index (κ1) is 14.9. The Labute approximate surface area is 104 Å². The quantitative estimate of drug-likeness (QED) is 0.729. The summed E-state index contributed by atoms with van der Waals surface area (Å²) < 4.78 is 39.7. The molecule has 0 aromatic carbocycles. The van der Waals surface area contributed by atoms with Crippen LogP contribution < -0.4 is 5.32 Å². The molecule has 1 rings (SSSR count). The van der Waals surface area contributed by atoms with E-state index in [1.807, 2.05) is 12.1 Å². The molecule has 0 fully saturated rings. The number of hydrogen-bond acceptors (Lipinski definition) is 3. The van der Waals surface area contributed by atoms with E-state index in [-0.39, 0.29) is 6.61 Å². The molecule has 1 aromatic heterocycles. The van der Waals surface area contributed by atoms with E-state index >= 15 is 0 Å². The van der Waals surface area contributed by atoms with Gasteiger partial charge in [0.05, 0.1) is 0 Å². The van der Waals surface area contributed by atoms with Crippen molar-refractivity contribution in [3.63, 3.8) is 0 Å². The first-order valence-electron chi connectivity index (χ1n) is 5.82. The van der Waals surface area contributed by atoms with E-state index < -0.39 is 12.8 Å². The Bertz CT molecular complexity index is 317. The van der Waals surface area contributed by atoms with E-state index in [4.69, 9.17) is 0 Å². The average Bonchev–Trinajstić information content (AvgIpc) is 2.32. The summed E-state index contributed by atoms with van der Waals surface area (Å²) in [5, 5.41) is 3.15. The van der Waals surface area contributed by atoms with Gasteiger partial charge >= 0.3 is 6.18 Å². The van der Waals surface area contributed by atoms with Crippen molar-refractivity contribution in [1.82, 2.24) is 10.3 Å². The molecule has 0 aliphatic carbocycles.